The van der Waals surface area contributed by atoms with Gasteiger partial charge in [0, 0.05) is 14.1 Å². The van der Waals surface area contributed by atoms with E-state index in [0.29, 0.717) is 28.9 Å². The number of hydrogen-bond donors (Lipinski definition) is 0. The molecule has 0 bridgehead atoms. The molecule has 18 heteroatoms. The van der Waals surface area contributed by atoms with E-state index >= 15 is 0 Å². The number of amides is 1. The third kappa shape index (κ3) is 4.14. The van der Waals surface area contributed by atoms with Crippen LogP contribution in [0.15, 0.2) is 12.3 Å². The second kappa shape index (κ2) is 8.48. The molecule has 0 unspecified atom stereocenters. The molecule has 0 atom stereocenters. The molecule has 3 heterocycles. The third-order valence-electron chi connectivity index (χ3n) is 5.86. The molecule has 4 rings (SSSR count). The molecule has 1 fully saturated rings. The fourth-order valence-corrected chi connectivity index (χ4v) is 4.54. The molecule has 0 spiro atoms. The Bertz CT molecular complexity index is 1510. The maximum absolute atomic E-state index is 13.9. The summed E-state index contributed by atoms with van der Waals surface area (Å²) in [5.74, 6) is -7.87. The van der Waals surface area contributed by atoms with Gasteiger partial charge in [-0.1, -0.05) is 5.21 Å². The fraction of sp³-hybridized carbons (Fsp3) is 0.400. The van der Waals surface area contributed by atoms with Gasteiger partial charge in [0.2, 0.25) is 0 Å². The lowest BCUT2D eigenvalue weighted by Gasteiger charge is -2.21. The summed E-state index contributed by atoms with van der Waals surface area (Å²) in [6.07, 6.45) is -10.4. The highest BCUT2D eigenvalue weighted by molar-refractivity contribution is 7.16. The van der Waals surface area contributed by atoms with Crippen molar-refractivity contribution in [1.29, 1.82) is 10.5 Å². The molecule has 0 saturated heterocycles. The Kier molecular flexibility index (Phi) is 6.02. The number of aromatic nitrogens is 5. The molecule has 0 aromatic carbocycles. The van der Waals surface area contributed by atoms with Gasteiger partial charge in [-0.15, -0.1) is 16.4 Å². The second-order valence-electron chi connectivity index (χ2n) is 8.26. The van der Waals surface area contributed by atoms with E-state index in [2.05, 4.69) is 15.4 Å². The van der Waals surface area contributed by atoms with Gasteiger partial charge in [-0.25, -0.2) is 9.36 Å². The van der Waals surface area contributed by atoms with Crippen molar-refractivity contribution in [2.24, 2.45) is 7.05 Å². The number of aryl methyl sites for hydroxylation is 1. The zero-order valence-electron chi connectivity index (χ0n) is 19.0. The van der Waals surface area contributed by atoms with E-state index in [1.807, 2.05) is 6.07 Å². The summed E-state index contributed by atoms with van der Waals surface area (Å²) in [5.41, 5.74) is -6.27. The van der Waals surface area contributed by atoms with Crippen LogP contribution < -0.4 is 0 Å². The first-order chi connectivity index (χ1) is 17.5. The number of nitrogens with zero attached hydrogens (tertiary/aromatic N) is 8. The quantitative estimate of drug-likeness (QED) is 0.424. The first kappa shape index (κ1) is 27.0. The average molecular weight is 564 g/mol. The van der Waals surface area contributed by atoms with E-state index < -0.39 is 46.8 Å². The number of halogens is 8. The minimum absolute atomic E-state index is 0.0583. The fourth-order valence-electron chi connectivity index (χ4n) is 3.65. The number of hydrogen-bond acceptors (Lipinski definition) is 7. The summed E-state index contributed by atoms with van der Waals surface area (Å²) in [6, 6.07) is 5.02. The number of thiophene rings is 1. The van der Waals surface area contributed by atoms with E-state index in [-0.39, 0.29) is 25.7 Å². The van der Waals surface area contributed by atoms with Gasteiger partial charge < -0.3 is 4.90 Å². The van der Waals surface area contributed by atoms with E-state index in [1.54, 1.807) is 6.07 Å². The first-order valence-corrected chi connectivity index (χ1v) is 11.1. The highest BCUT2D eigenvalue weighted by atomic mass is 32.1. The first-order valence-electron chi connectivity index (χ1n) is 10.2. The van der Waals surface area contributed by atoms with Crippen LogP contribution in [0.3, 0.4) is 0 Å². The van der Waals surface area contributed by atoms with Crippen molar-refractivity contribution < 1.29 is 39.9 Å². The summed E-state index contributed by atoms with van der Waals surface area (Å²) in [6.45, 7) is 0. The Hall–Kier alpha value is -4.06. The number of rotatable bonds is 5. The van der Waals surface area contributed by atoms with Crippen LogP contribution in [0.4, 0.5) is 35.1 Å². The summed E-state index contributed by atoms with van der Waals surface area (Å²) < 4.78 is 108. The molecular weight excluding hydrogens is 552 g/mol. The van der Waals surface area contributed by atoms with Gasteiger partial charge in [-0.05, 0) is 18.9 Å². The normalized spacial score (nSPS) is 15.2. The monoisotopic (exact) mass is 564 g/mol. The topological polar surface area (TPSA) is 116 Å². The van der Waals surface area contributed by atoms with Crippen LogP contribution in [0.25, 0.3) is 16.4 Å². The largest absolute Gasteiger partial charge is 0.459 e. The van der Waals surface area contributed by atoms with Crippen LogP contribution in [0, 0.1) is 22.7 Å². The maximum Gasteiger partial charge on any atom is 0.459 e. The maximum atomic E-state index is 13.9. The second-order valence-corrected chi connectivity index (χ2v) is 9.31. The Labute approximate surface area is 211 Å². The molecule has 3 aromatic rings. The van der Waals surface area contributed by atoms with Crippen LogP contribution in [0.1, 0.15) is 39.3 Å². The van der Waals surface area contributed by atoms with Crippen LogP contribution in [0.5, 0.6) is 0 Å². The van der Waals surface area contributed by atoms with E-state index in [9.17, 15) is 50.4 Å². The van der Waals surface area contributed by atoms with Crippen LogP contribution in [-0.2, 0) is 19.1 Å². The molecule has 9 nitrogen and oxygen atoms in total. The zero-order valence-corrected chi connectivity index (χ0v) is 19.8. The Morgan fingerprint density at radius 1 is 1.16 bits per heavy atom. The highest BCUT2D eigenvalue weighted by Gasteiger charge is 2.64. The van der Waals surface area contributed by atoms with Gasteiger partial charge in [0.1, 0.15) is 27.7 Å². The molecule has 0 N–H and O–H groups in total. The average Bonchev–Trinajstić information content (AvgIpc) is 3.14. The summed E-state index contributed by atoms with van der Waals surface area (Å²) in [4.78, 5) is 14.0. The summed E-state index contributed by atoms with van der Waals surface area (Å²) in [7, 11) is 2.10. The molecule has 0 radical (unpaired) electrons. The lowest BCUT2D eigenvalue weighted by Crippen LogP contribution is -2.38. The van der Waals surface area contributed by atoms with E-state index in [4.69, 9.17) is 0 Å². The van der Waals surface area contributed by atoms with Gasteiger partial charge in [0.15, 0.2) is 11.5 Å². The molecule has 1 amide bonds. The smallest absolute Gasteiger partial charge is 0.323 e. The predicted octanol–water partition coefficient (Wildman–Crippen LogP) is 4.40. The number of carbonyl (C=O) groups is 1. The Morgan fingerprint density at radius 3 is 2.29 bits per heavy atom. The predicted molar refractivity (Wildman–Crippen MR) is 111 cm³/mol. The Balaban J connectivity index is 1.79. The molecule has 38 heavy (non-hydrogen) atoms. The number of carbonyl (C=O) groups excluding carboxylic acids is 1. The van der Waals surface area contributed by atoms with Gasteiger partial charge >= 0.3 is 18.3 Å². The standard InChI is InChI=1S/C20H12F8N8OS/c1-34(17(8-30)3-4-17)16(37)9-5-11(38-12(9)6-29)10-7-36(33-31-10)15-13(19(23,24)25)14(32-35(15)2)18(21,22)20(26,27)28/h5,7H,3-4H2,1-2H3. The van der Waals surface area contributed by atoms with Gasteiger partial charge in [-0.2, -0.15) is 50.7 Å². The van der Waals surface area contributed by atoms with E-state index in [0.717, 1.165) is 13.2 Å². The lowest BCUT2D eigenvalue weighted by molar-refractivity contribution is -0.292. The molecular formula is C20H12F8N8OS. The van der Waals surface area contributed by atoms with Crippen LogP contribution in [-0.4, -0.2) is 54.3 Å². The van der Waals surface area contributed by atoms with Crippen molar-refractivity contribution in [2.75, 3.05) is 7.05 Å². The lowest BCUT2D eigenvalue weighted by atomic mass is 10.1. The molecule has 1 saturated carbocycles. The molecule has 0 aliphatic heterocycles. The number of alkyl halides is 8. The van der Waals surface area contributed by atoms with Crippen molar-refractivity contribution in [3.05, 3.63) is 34.0 Å². The molecule has 200 valence electrons. The van der Waals surface area contributed by atoms with Gasteiger partial charge in [0.25, 0.3) is 5.91 Å². The zero-order chi connectivity index (χ0) is 28.4. The Morgan fingerprint density at radius 2 is 1.79 bits per heavy atom. The highest BCUT2D eigenvalue weighted by Crippen LogP contribution is 2.49. The van der Waals surface area contributed by atoms with Crippen molar-refractivity contribution in [3.63, 3.8) is 0 Å². The number of nitriles is 2. The summed E-state index contributed by atoms with van der Waals surface area (Å²) >= 11 is 0.712. The summed E-state index contributed by atoms with van der Waals surface area (Å²) in [5, 5.41) is 28.6. The van der Waals surface area contributed by atoms with Crippen molar-refractivity contribution in [2.45, 2.75) is 36.7 Å². The molecule has 3 aromatic heterocycles. The minimum atomic E-state index is -6.36. The van der Waals surface area contributed by atoms with E-state index in [1.165, 1.54) is 18.0 Å². The minimum Gasteiger partial charge on any atom is -0.323 e. The van der Waals surface area contributed by atoms with Crippen LogP contribution in [0.2, 0.25) is 0 Å². The molecule has 1 aliphatic carbocycles. The third-order valence-corrected chi connectivity index (χ3v) is 6.92. The van der Waals surface area contributed by atoms with Crippen LogP contribution >= 0.6 is 11.3 Å². The molecule has 1 aliphatic rings. The van der Waals surface area contributed by atoms with Gasteiger partial charge in [0.05, 0.1) is 22.7 Å². The SMILES string of the molecule is CN(C(=O)c1cc(-c2cn(-c3c(C(F)(F)F)c(C(F)(F)C(F)(F)F)nn3C)nn2)sc1C#N)C1(C#N)CC1. The van der Waals surface area contributed by atoms with Crippen molar-refractivity contribution in [1.82, 2.24) is 29.7 Å². The van der Waals surface area contributed by atoms with Gasteiger partial charge in [-0.3, -0.25) is 4.79 Å². The van der Waals surface area contributed by atoms with Crippen molar-refractivity contribution in [3.8, 4) is 28.5 Å². The van der Waals surface area contributed by atoms with Crippen molar-refractivity contribution >= 4 is 17.2 Å².